The largest absolute Gasteiger partial charge is 0.494 e. The number of hydrogen-bond donors (Lipinski definition) is 1. The summed E-state index contributed by atoms with van der Waals surface area (Å²) in [6.45, 7) is 4.61. The van der Waals surface area contributed by atoms with Gasteiger partial charge in [-0.2, -0.15) is 5.10 Å². The van der Waals surface area contributed by atoms with Crippen LogP contribution in [0.4, 0.5) is 0 Å². The fourth-order valence-electron chi connectivity index (χ4n) is 2.43. The molecule has 0 bridgehead atoms. The van der Waals surface area contributed by atoms with Gasteiger partial charge in [0.05, 0.1) is 23.9 Å². The van der Waals surface area contributed by atoms with Crippen LogP contribution in [0.15, 0.2) is 46.0 Å². The Labute approximate surface area is 190 Å². The summed E-state index contributed by atoms with van der Waals surface area (Å²) in [6, 6.07) is 10.3. The van der Waals surface area contributed by atoms with Gasteiger partial charge in [-0.25, -0.2) is 5.43 Å². The molecule has 0 atom stereocenters. The van der Waals surface area contributed by atoms with Gasteiger partial charge in [0.2, 0.25) is 0 Å². The highest BCUT2D eigenvalue weighted by Crippen LogP contribution is 2.36. The summed E-state index contributed by atoms with van der Waals surface area (Å²) in [7, 11) is 3.32. The fourth-order valence-corrected chi connectivity index (χ4v) is 3.00. The van der Waals surface area contributed by atoms with Crippen molar-refractivity contribution in [3.05, 3.63) is 52.0 Å². The summed E-state index contributed by atoms with van der Waals surface area (Å²) in [4.78, 5) is 25.5. The quantitative estimate of drug-likeness (QED) is 0.405. The highest BCUT2D eigenvalue weighted by atomic mass is 79.9. The van der Waals surface area contributed by atoms with E-state index in [1.807, 2.05) is 13.8 Å². The molecule has 0 radical (unpaired) electrons. The molecule has 0 heterocycles. The molecule has 31 heavy (non-hydrogen) atoms. The van der Waals surface area contributed by atoms with Crippen molar-refractivity contribution in [3.63, 3.8) is 0 Å². The Hall–Kier alpha value is -3.07. The van der Waals surface area contributed by atoms with E-state index in [1.54, 1.807) is 50.5 Å². The third-order valence-corrected chi connectivity index (χ3v) is 4.57. The normalized spacial score (nSPS) is 10.6. The van der Waals surface area contributed by atoms with Crippen LogP contribution in [0.2, 0.25) is 0 Å². The Kier molecular flexibility index (Phi) is 9.33. The van der Waals surface area contributed by atoms with E-state index >= 15 is 0 Å². The second kappa shape index (κ2) is 11.9. The molecule has 2 aromatic rings. The molecule has 0 unspecified atom stereocenters. The molecule has 0 saturated heterocycles. The Morgan fingerprint density at radius 2 is 1.74 bits per heavy atom. The lowest BCUT2D eigenvalue weighted by Crippen LogP contribution is -2.27. The molecule has 0 fully saturated rings. The molecule has 8 nitrogen and oxygen atoms in total. The minimum absolute atomic E-state index is 0.114. The van der Waals surface area contributed by atoms with Crippen LogP contribution in [-0.2, 0) is 4.79 Å². The van der Waals surface area contributed by atoms with E-state index in [1.165, 1.54) is 11.1 Å². The first-order valence-electron chi connectivity index (χ1n) is 9.71. The molecule has 0 aliphatic carbocycles. The maximum absolute atomic E-state index is 12.2. The van der Waals surface area contributed by atoms with Crippen molar-refractivity contribution in [2.24, 2.45) is 5.10 Å². The van der Waals surface area contributed by atoms with Gasteiger partial charge in [0.1, 0.15) is 5.75 Å². The molecule has 0 aromatic heterocycles. The molecule has 1 N–H and O–H groups in total. The van der Waals surface area contributed by atoms with Gasteiger partial charge in [0.25, 0.3) is 11.8 Å². The van der Waals surface area contributed by atoms with Gasteiger partial charge in [0, 0.05) is 19.7 Å². The predicted octanol–water partition coefficient (Wildman–Crippen LogP) is 3.48. The number of nitrogens with one attached hydrogen (secondary N) is 1. The number of amides is 2. The van der Waals surface area contributed by atoms with E-state index in [0.29, 0.717) is 46.1 Å². The molecule has 9 heteroatoms. The number of rotatable bonds is 10. The third-order valence-electron chi connectivity index (χ3n) is 3.98. The number of hydrazone groups is 1. The number of likely N-dealkylation sites (N-methyl/N-ethyl adjacent to an activating group) is 1. The number of nitrogens with zero attached hydrogens (tertiary/aromatic N) is 2. The average Bonchev–Trinajstić information content (AvgIpc) is 2.73. The van der Waals surface area contributed by atoms with E-state index in [0.717, 1.165) is 0 Å². The Bertz CT molecular complexity index is 929. The molecule has 0 aliphatic rings. The van der Waals surface area contributed by atoms with E-state index in [4.69, 9.17) is 14.2 Å². The molecule has 166 valence electrons. The average molecular weight is 492 g/mol. The second-order valence-corrected chi connectivity index (χ2v) is 7.35. The third kappa shape index (κ3) is 7.29. The van der Waals surface area contributed by atoms with Crippen LogP contribution in [0.5, 0.6) is 17.2 Å². The zero-order chi connectivity index (χ0) is 22.8. The van der Waals surface area contributed by atoms with Crippen molar-refractivity contribution < 1.29 is 23.8 Å². The SMILES string of the molecule is CCOc1ccc(C(=O)N/N=C/c2cc(Br)c(OCC(=O)N(C)C)c(OCC)c2)cc1. The van der Waals surface area contributed by atoms with Crippen molar-refractivity contribution in [1.82, 2.24) is 10.3 Å². The molecule has 2 aromatic carbocycles. The minimum atomic E-state index is -0.342. The molecule has 2 amide bonds. The standard InChI is InChI=1S/C22H26BrN3O5/c1-5-29-17-9-7-16(8-10-17)22(28)25-24-13-15-11-18(23)21(19(12-15)30-6-2)31-14-20(27)26(3)4/h7-13H,5-6,14H2,1-4H3,(H,25,28)/b24-13+. The van der Waals surface area contributed by atoms with Crippen LogP contribution < -0.4 is 19.6 Å². The lowest BCUT2D eigenvalue weighted by Gasteiger charge is -2.16. The topological polar surface area (TPSA) is 89.5 Å². The number of benzene rings is 2. The summed E-state index contributed by atoms with van der Waals surface area (Å²) in [5.74, 6) is 1.07. The molecular weight excluding hydrogens is 466 g/mol. The lowest BCUT2D eigenvalue weighted by atomic mass is 10.2. The summed E-state index contributed by atoms with van der Waals surface area (Å²) in [6.07, 6.45) is 1.49. The summed E-state index contributed by atoms with van der Waals surface area (Å²) >= 11 is 3.44. The van der Waals surface area contributed by atoms with Crippen LogP contribution in [0, 0.1) is 0 Å². The Morgan fingerprint density at radius 3 is 2.35 bits per heavy atom. The second-order valence-electron chi connectivity index (χ2n) is 6.50. The van der Waals surface area contributed by atoms with Gasteiger partial charge >= 0.3 is 0 Å². The molecule has 2 rings (SSSR count). The summed E-state index contributed by atoms with van der Waals surface area (Å²) in [5, 5.41) is 4.01. The summed E-state index contributed by atoms with van der Waals surface area (Å²) < 4.78 is 17.2. The highest BCUT2D eigenvalue weighted by molar-refractivity contribution is 9.10. The maximum Gasteiger partial charge on any atom is 0.271 e. The lowest BCUT2D eigenvalue weighted by molar-refractivity contribution is -0.130. The first-order valence-corrected chi connectivity index (χ1v) is 10.5. The van der Waals surface area contributed by atoms with Gasteiger partial charge in [-0.3, -0.25) is 9.59 Å². The van der Waals surface area contributed by atoms with Crippen molar-refractivity contribution in [1.29, 1.82) is 0 Å². The highest BCUT2D eigenvalue weighted by Gasteiger charge is 2.14. The van der Waals surface area contributed by atoms with E-state index in [-0.39, 0.29) is 18.4 Å². The van der Waals surface area contributed by atoms with Crippen LogP contribution in [0.1, 0.15) is 29.8 Å². The summed E-state index contributed by atoms with van der Waals surface area (Å²) in [5.41, 5.74) is 3.63. The van der Waals surface area contributed by atoms with Crippen LogP contribution >= 0.6 is 15.9 Å². The number of ether oxygens (including phenoxy) is 3. The van der Waals surface area contributed by atoms with E-state index < -0.39 is 0 Å². The molecular formula is C22H26BrN3O5. The maximum atomic E-state index is 12.2. The Balaban J connectivity index is 2.08. The molecule has 0 spiro atoms. The van der Waals surface area contributed by atoms with Gasteiger partial charge in [0.15, 0.2) is 18.1 Å². The van der Waals surface area contributed by atoms with Crippen molar-refractivity contribution in [2.75, 3.05) is 33.9 Å². The number of halogens is 1. The van der Waals surface area contributed by atoms with Gasteiger partial charge < -0.3 is 19.1 Å². The van der Waals surface area contributed by atoms with E-state index in [9.17, 15) is 9.59 Å². The monoisotopic (exact) mass is 491 g/mol. The van der Waals surface area contributed by atoms with Gasteiger partial charge in [-0.05, 0) is 71.7 Å². The van der Waals surface area contributed by atoms with Crippen LogP contribution in [0.3, 0.4) is 0 Å². The number of carbonyl (C=O) groups excluding carboxylic acids is 2. The fraction of sp³-hybridized carbons (Fsp3) is 0.318. The van der Waals surface area contributed by atoms with Crippen molar-refractivity contribution in [3.8, 4) is 17.2 Å². The number of hydrogen-bond acceptors (Lipinski definition) is 6. The van der Waals surface area contributed by atoms with Gasteiger partial charge in [-0.15, -0.1) is 0 Å². The zero-order valence-corrected chi connectivity index (χ0v) is 19.6. The van der Waals surface area contributed by atoms with Crippen LogP contribution in [-0.4, -0.2) is 56.8 Å². The first-order chi connectivity index (χ1) is 14.8. The van der Waals surface area contributed by atoms with Crippen molar-refractivity contribution in [2.45, 2.75) is 13.8 Å². The zero-order valence-electron chi connectivity index (χ0n) is 18.0. The number of carbonyl (C=O) groups is 2. The molecule has 0 saturated carbocycles. The van der Waals surface area contributed by atoms with Gasteiger partial charge in [-0.1, -0.05) is 0 Å². The smallest absolute Gasteiger partial charge is 0.271 e. The minimum Gasteiger partial charge on any atom is -0.494 e. The van der Waals surface area contributed by atoms with Crippen molar-refractivity contribution >= 4 is 34.0 Å². The Morgan fingerprint density at radius 1 is 1.06 bits per heavy atom. The first kappa shape index (κ1) is 24.2. The van der Waals surface area contributed by atoms with E-state index in [2.05, 4.69) is 26.5 Å². The predicted molar refractivity (Wildman–Crippen MR) is 122 cm³/mol. The molecule has 0 aliphatic heterocycles. The van der Waals surface area contributed by atoms with Crippen LogP contribution in [0.25, 0.3) is 0 Å².